The number of hydrogen-bond donors (Lipinski definition) is 1. The van der Waals surface area contributed by atoms with Gasteiger partial charge in [0.15, 0.2) is 0 Å². The second kappa shape index (κ2) is 8.22. The highest BCUT2D eigenvalue weighted by Gasteiger charge is 2.34. The van der Waals surface area contributed by atoms with Crippen molar-refractivity contribution < 1.29 is 24.2 Å². The lowest BCUT2D eigenvalue weighted by molar-refractivity contribution is -0.141. The zero-order valence-corrected chi connectivity index (χ0v) is 15.9. The third kappa shape index (κ3) is 4.28. The number of aliphatic carboxylic acids is 1. The molecule has 142 valence electrons. The first-order valence-corrected chi connectivity index (χ1v) is 9.28. The van der Waals surface area contributed by atoms with Crippen LogP contribution < -0.4 is 9.47 Å². The summed E-state index contributed by atoms with van der Waals surface area (Å²) in [5.41, 5.74) is 1.63. The van der Waals surface area contributed by atoms with E-state index in [4.69, 9.17) is 14.6 Å². The number of hydrazone groups is 1. The van der Waals surface area contributed by atoms with Gasteiger partial charge in [-0.3, -0.25) is 9.59 Å². The van der Waals surface area contributed by atoms with Crippen LogP contribution in [0.5, 0.6) is 11.5 Å². The van der Waals surface area contributed by atoms with Crippen LogP contribution in [0.15, 0.2) is 40.8 Å². The standard InChI is InChI=1S/C19H20N2O5S/c1-25-13-8-12(9-14(10-13)26-2)16-11-15(17-4-3-7-27-17)20-21(16)18(22)5-6-19(23)24/h3-4,7-10,16H,5-6,11H2,1-2H3,(H,23,24)/t16-/m0/s1. The molecule has 1 atom stereocenters. The maximum Gasteiger partial charge on any atom is 0.303 e. The van der Waals surface area contributed by atoms with Gasteiger partial charge in [-0.1, -0.05) is 6.07 Å². The van der Waals surface area contributed by atoms with E-state index in [0.29, 0.717) is 17.9 Å². The van der Waals surface area contributed by atoms with Crippen molar-refractivity contribution in [1.82, 2.24) is 5.01 Å². The van der Waals surface area contributed by atoms with Gasteiger partial charge in [0, 0.05) is 18.9 Å². The minimum atomic E-state index is -1.01. The lowest BCUT2D eigenvalue weighted by Gasteiger charge is -2.22. The highest BCUT2D eigenvalue weighted by molar-refractivity contribution is 7.12. The molecular weight excluding hydrogens is 368 g/mol. The van der Waals surface area contributed by atoms with E-state index in [0.717, 1.165) is 16.2 Å². The highest BCUT2D eigenvalue weighted by Crippen LogP contribution is 2.37. The fourth-order valence-corrected chi connectivity index (χ4v) is 3.66. The topological polar surface area (TPSA) is 88.4 Å². The van der Waals surface area contributed by atoms with E-state index in [2.05, 4.69) is 5.10 Å². The Hall–Kier alpha value is -2.87. The minimum Gasteiger partial charge on any atom is -0.497 e. The molecule has 1 aliphatic heterocycles. The molecule has 0 radical (unpaired) electrons. The lowest BCUT2D eigenvalue weighted by atomic mass is 10.00. The predicted molar refractivity (Wildman–Crippen MR) is 101 cm³/mol. The first kappa shape index (κ1) is 18.9. The Morgan fingerprint density at radius 2 is 1.93 bits per heavy atom. The summed E-state index contributed by atoms with van der Waals surface area (Å²) in [6.45, 7) is 0. The molecule has 7 nitrogen and oxygen atoms in total. The van der Waals surface area contributed by atoms with E-state index < -0.39 is 5.97 Å². The van der Waals surface area contributed by atoms with Gasteiger partial charge in [0.2, 0.25) is 5.91 Å². The van der Waals surface area contributed by atoms with Gasteiger partial charge in [-0.2, -0.15) is 5.10 Å². The Morgan fingerprint density at radius 1 is 1.22 bits per heavy atom. The Labute approximate surface area is 160 Å². The number of ether oxygens (including phenoxy) is 2. The molecule has 2 heterocycles. The van der Waals surface area contributed by atoms with E-state index in [1.54, 1.807) is 31.6 Å². The van der Waals surface area contributed by atoms with Crippen LogP contribution in [0, 0.1) is 0 Å². The van der Waals surface area contributed by atoms with Gasteiger partial charge in [-0.05, 0) is 29.1 Å². The summed E-state index contributed by atoms with van der Waals surface area (Å²) in [6, 6.07) is 9.00. The number of carboxylic acid groups (broad SMARTS) is 1. The SMILES string of the molecule is COc1cc(OC)cc([C@@H]2CC(c3cccs3)=NN2C(=O)CCC(=O)O)c1. The number of carbonyl (C=O) groups excluding carboxylic acids is 1. The number of nitrogens with zero attached hydrogens (tertiary/aromatic N) is 2. The van der Waals surface area contributed by atoms with E-state index in [-0.39, 0.29) is 24.8 Å². The molecule has 8 heteroatoms. The van der Waals surface area contributed by atoms with Crippen molar-refractivity contribution in [3.63, 3.8) is 0 Å². The maximum atomic E-state index is 12.7. The molecule has 0 unspecified atom stereocenters. The van der Waals surface area contributed by atoms with Crippen molar-refractivity contribution in [1.29, 1.82) is 0 Å². The zero-order valence-electron chi connectivity index (χ0n) is 15.0. The zero-order chi connectivity index (χ0) is 19.4. The van der Waals surface area contributed by atoms with Crippen LogP contribution >= 0.6 is 11.3 Å². The molecule has 0 aliphatic carbocycles. The van der Waals surface area contributed by atoms with Crippen LogP contribution in [-0.4, -0.2) is 41.9 Å². The Morgan fingerprint density at radius 3 is 2.48 bits per heavy atom. The van der Waals surface area contributed by atoms with Gasteiger partial charge in [-0.15, -0.1) is 11.3 Å². The average molecular weight is 388 g/mol. The number of carboxylic acids is 1. The van der Waals surface area contributed by atoms with Crippen molar-refractivity contribution in [2.75, 3.05) is 14.2 Å². The van der Waals surface area contributed by atoms with Gasteiger partial charge in [0.1, 0.15) is 11.5 Å². The molecule has 0 bridgehead atoms. The second-order valence-electron chi connectivity index (χ2n) is 6.02. The van der Waals surface area contributed by atoms with Crippen LogP contribution in [0.2, 0.25) is 0 Å². The normalized spacial score (nSPS) is 16.1. The summed E-state index contributed by atoms with van der Waals surface area (Å²) >= 11 is 1.55. The number of benzene rings is 1. The summed E-state index contributed by atoms with van der Waals surface area (Å²) in [6.07, 6.45) is 0.206. The predicted octanol–water partition coefficient (Wildman–Crippen LogP) is 3.31. The third-order valence-electron chi connectivity index (χ3n) is 4.28. The molecule has 1 aromatic carbocycles. The van der Waals surface area contributed by atoms with Gasteiger partial charge in [0.05, 0.1) is 37.3 Å². The van der Waals surface area contributed by atoms with Gasteiger partial charge >= 0.3 is 5.97 Å². The number of rotatable bonds is 7. The first-order chi connectivity index (χ1) is 13.0. The molecule has 0 saturated carbocycles. The quantitative estimate of drug-likeness (QED) is 0.786. The van der Waals surface area contributed by atoms with Crippen molar-refractivity contribution in [2.24, 2.45) is 5.10 Å². The summed E-state index contributed by atoms with van der Waals surface area (Å²) < 4.78 is 10.7. The monoisotopic (exact) mass is 388 g/mol. The molecule has 1 aliphatic rings. The number of amides is 1. The molecule has 0 fully saturated rings. The Kier molecular flexibility index (Phi) is 5.75. The summed E-state index contributed by atoms with van der Waals surface area (Å²) in [5.74, 6) is -0.0981. The molecule has 0 spiro atoms. The van der Waals surface area contributed by atoms with Gasteiger partial charge in [0.25, 0.3) is 0 Å². The Bertz CT molecular complexity index is 841. The molecule has 1 amide bonds. The number of thiophene rings is 1. The second-order valence-corrected chi connectivity index (χ2v) is 6.97. The lowest BCUT2D eigenvalue weighted by Crippen LogP contribution is -2.27. The van der Waals surface area contributed by atoms with Crippen molar-refractivity contribution in [3.05, 3.63) is 46.2 Å². The molecule has 2 aromatic rings. The molecule has 1 N–H and O–H groups in total. The van der Waals surface area contributed by atoms with Crippen LogP contribution in [0.25, 0.3) is 0 Å². The molecular formula is C19H20N2O5S. The van der Waals surface area contributed by atoms with Crippen LogP contribution in [0.3, 0.4) is 0 Å². The van der Waals surface area contributed by atoms with Crippen molar-refractivity contribution in [2.45, 2.75) is 25.3 Å². The highest BCUT2D eigenvalue weighted by atomic mass is 32.1. The van der Waals surface area contributed by atoms with E-state index in [1.807, 2.05) is 29.6 Å². The van der Waals surface area contributed by atoms with Gasteiger partial charge in [-0.25, -0.2) is 5.01 Å². The molecule has 27 heavy (non-hydrogen) atoms. The summed E-state index contributed by atoms with van der Waals surface area (Å²) in [4.78, 5) is 24.5. The summed E-state index contributed by atoms with van der Waals surface area (Å²) in [5, 5.41) is 16.8. The minimum absolute atomic E-state index is 0.103. The van der Waals surface area contributed by atoms with Gasteiger partial charge < -0.3 is 14.6 Å². The molecule has 1 aromatic heterocycles. The van der Waals surface area contributed by atoms with Crippen LogP contribution in [-0.2, 0) is 9.59 Å². The first-order valence-electron chi connectivity index (χ1n) is 8.40. The average Bonchev–Trinajstić information content (AvgIpc) is 3.35. The number of hydrogen-bond acceptors (Lipinski definition) is 6. The van der Waals surface area contributed by atoms with Crippen LogP contribution in [0.4, 0.5) is 0 Å². The van der Waals surface area contributed by atoms with Crippen LogP contribution in [0.1, 0.15) is 35.7 Å². The molecule has 0 saturated heterocycles. The number of carbonyl (C=O) groups is 2. The largest absolute Gasteiger partial charge is 0.497 e. The third-order valence-corrected chi connectivity index (χ3v) is 5.20. The van der Waals surface area contributed by atoms with Crippen molar-refractivity contribution >= 4 is 28.9 Å². The Balaban J connectivity index is 1.94. The van der Waals surface area contributed by atoms with E-state index in [1.165, 1.54) is 5.01 Å². The fourth-order valence-electron chi connectivity index (χ4n) is 2.94. The van der Waals surface area contributed by atoms with Crippen molar-refractivity contribution in [3.8, 4) is 11.5 Å². The maximum absolute atomic E-state index is 12.7. The smallest absolute Gasteiger partial charge is 0.303 e. The number of methoxy groups -OCH3 is 2. The molecule has 3 rings (SSSR count). The summed E-state index contributed by atoms with van der Waals surface area (Å²) in [7, 11) is 3.13. The van der Waals surface area contributed by atoms with E-state index in [9.17, 15) is 9.59 Å². The van der Waals surface area contributed by atoms with E-state index >= 15 is 0 Å². The fraction of sp³-hybridized carbons (Fsp3) is 0.316.